The summed E-state index contributed by atoms with van der Waals surface area (Å²) in [5, 5.41) is 9.34. The highest BCUT2D eigenvalue weighted by atomic mass is 35.5. The SMILES string of the molecule is CN(CCCn1ccnc1)c1ccc(C#N)c(Cl)c1. The quantitative estimate of drug-likeness (QED) is 0.842. The first-order chi connectivity index (χ1) is 9.20. The summed E-state index contributed by atoms with van der Waals surface area (Å²) in [4.78, 5) is 6.14. The number of rotatable bonds is 5. The van der Waals surface area contributed by atoms with Crippen molar-refractivity contribution < 1.29 is 0 Å². The molecule has 0 saturated heterocycles. The van der Waals surface area contributed by atoms with Gasteiger partial charge in [-0.1, -0.05) is 11.6 Å². The highest BCUT2D eigenvalue weighted by Crippen LogP contribution is 2.22. The van der Waals surface area contributed by atoms with E-state index in [4.69, 9.17) is 16.9 Å². The topological polar surface area (TPSA) is 44.9 Å². The monoisotopic (exact) mass is 274 g/mol. The predicted octanol–water partition coefficient (Wildman–Crippen LogP) is 2.93. The summed E-state index contributed by atoms with van der Waals surface area (Å²) < 4.78 is 2.06. The molecule has 19 heavy (non-hydrogen) atoms. The van der Waals surface area contributed by atoms with Crippen LogP contribution in [0, 0.1) is 11.3 Å². The molecule has 0 atom stereocenters. The van der Waals surface area contributed by atoms with Gasteiger partial charge >= 0.3 is 0 Å². The molecule has 0 saturated carbocycles. The Labute approximate surface area is 117 Å². The lowest BCUT2D eigenvalue weighted by molar-refractivity contribution is 0.637. The Balaban J connectivity index is 1.91. The number of imidazole rings is 1. The molecule has 5 heteroatoms. The van der Waals surface area contributed by atoms with Gasteiger partial charge in [0.2, 0.25) is 0 Å². The fourth-order valence-electron chi connectivity index (χ4n) is 1.87. The molecular weight excluding hydrogens is 260 g/mol. The third-order valence-electron chi connectivity index (χ3n) is 2.98. The first-order valence-electron chi connectivity index (χ1n) is 6.07. The molecule has 0 fully saturated rings. The lowest BCUT2D eigenvalue weighted by atomic mass is 10.2. The lowest BCUT2D eigenvalue weighted by Crippen LogP contribution is -2.19. The van der Waals surface area contributed by atoms with Crippen LogP contribution in [0.3, 0.4) is 0 Å². The predicted molar refractivity (Wildman–Crippen MR) is 76.3 cm³/mol. The molecule has 4 nitrogen and oxygen atoms in total. The van der Waals surface area contributed by atoms with Crippen molar-refractivity contribution in [1.82, 2.24) is 9.55 Å². The minimum atomic E-state index is 0.501. The number of anilines is 1. The molecule has 0 bridgehead atoms. The van der Waals surface area contributed by atoms with Gasteiger partial charge in [-0.15, -0.1) is 0 Å². The molecule has 0 spiro atoms. The second-order valence-corrected chi connectivity index (χ2v) is 4.76. The maximum atomic E-state index is 8.84. The largest absolute Gasteiger partial charge is 0.374 e. The summed E-state index contributed by atoms with van der Waals surface area (Å²) in [6, 6.07) is 7.57. The highest BCUT2D eigenvalue weighted by Gasteiger charge is 2.05. The van der Waals surface area contributed by atoms with Crippen LogP contribution in [0.5, 0.6) is 0 Å². The van der Waals surface area contributed by atoms with Gasteiger partial charge in [0.25, 0.3) is 0 Å². The number of halogens is 1. The van der Waals surface area contributed by atoms with E-state index in [9.17, 15) is 0 Å². The molecule has 98 valence electrons. The van der Waals surface area contributed by atoms with Gasteiger partial charge in [0, 0.05) is 38.2 Å². The van der Waals surface area contributed by atoms with E-state index in [0.717, 1.165) is 25.2 Å². The molecule has 0 N–H and O–H groups in total. The first kappa shape index (κ1) is 13.4. The molecule has 0 amide bonds. The van der Waals surface area contributed by atoms with E-state index in [1.165, 1.54) is 0 Å². The van der Waals surface area contributed by atoms with Crippen molar-refractivity contribution in [2.75, 3.05) is 18.5 Å². The summed E-state index contributed by atoms with van der Waals surface area (Å²) >= 11 is 6.03. The Kier molecular flexibility index (Phi) is 4.43. The Morgan fingerprint density at radius 2 is 2.32 bits per heavy atom. The second kappa shape index (κ2) is 6.26. The fourth-order valence-corrected chi connectivity index (χ4v) is 2.09. The van der Waals surface area contributed by atoms with Crippen molar-refractivity contribution >= 4 is 17.3 Å². The molecule has 0 aliphatic heterocycles. The van der Waals surface area contributed by atoms with Crippen LogP contribution in [-0.4, -0.2) is 23.1 Å². The fraction of sp³-hybridized carbons (Fsp3) is 0.286. The maximum Gasteiger partial charge on any atom is 0.101 e. The highest BCUT2D eigenvalue weighted by molar-refractivity contribution is 6.32. The number of benzene rings is 1. The van der Waals surface area contributed by atoms with E-state index in [0.29, 0.717) is 10.6 Å². The van der Waals surface area contributed by atoms with Gasteiger partial charge in [-0.2, -0.15) is 5.26 Å². The van der Waals surface area contributed by atoms with E-state index in [1.54, 1.807) is 12.3 Å². The van der Waals surface area contributed by atoms with Crippen LogP contribution in [0.25, 0.3) is 0 Å². The Morgan fingerprint density at radius 1 is 1.47 bits per heavy atom. The van der Waals surface area contributed by atoms with Crippen molar-refractivity contribution in [2.45, 2.75) is 13.0 Å². The van der Waals surface area contributed by atoms with Gasteiger partial charge in [0.1, 0.15) is 6.07 Å². The minimum Gasteiger partial charge on any atom is -0.374 e. The maximum absolute atomic E-state index is 8.84. The smallest absolute Gasteiger partial charge is 0.101 e. The molecule has 1 aromatic heterocycles. The third kappa shape index (κ3) is 3.49. The van der Waals surface area contributed by atoms with E-state index in [2.05, 4.69) is 20.5 Å². The Morgan fingerprint density at radius 3 is 2.95 bits per heavy atom. The molecule has 0 aliphatic carbocycles. The molecule has 1 aromatic carbocycles. The van der Waals surface area contributed by atoms with E-state index in [1.807, 2.05) is 31.7 Å². The zero-order valence-electron chi connectivity index (χ0n) is 10.8. The average Bonchev–Trinajstić information content (AvgIpc) is 2.91. The summed E-state index contributed by atoms with van der Waals surface area (Å²) in [5.74, 6) is 0. The van der Waals surface area contributed by atoms with Crippen LogP contribution < -0.4 is 4.90 Å². The number of aromatic nitrogens is 2. The van der Waals surface area contributed by atoms with Gasteiger partial charge in [0.05, 0.1) is 16.9 Å². The van der Waals surface area contributed by atoms with Crippen molar-refractivity contribution in [1.29, 1.82) is 5.26 Å². The van der Waals surface area contributed by atoms with Crippen molar-refractivity contribution in [3.05, 3.63) is 47.5 Å². The summed E-state index contributed by atoms with van der Waals surface area (Å²) in [6.45, 7) is 1.86. The molecule has 0 unspecified atom stereocenters. The van der Waals surface area contributed by atoms with Gasteiger partial charge < -0.3 is 9.47 Å². The summed E-state index contributed by atoms with van der Waals surface area (Å²) in [5.41, 5.74) is 1.53. The summed E-state index contributed by atoms with van der Waals surface area (Å²) in [6.07, 6.45) is 6.58. The lowest BCUT2D eigenvalue weighted by Gasteiger charge is -2.19. The van der Waals surface area contributed by atoms with Crippen LogP contribution in [0.2, 0.25) is 5.02 Å². The summed E-state index contributed by atoms with van der Waals surface area (Å²) in [7, 11) is 2.02. The van der Waals surface area contributed by atoms with Crippen LogP contribution in [0.15, 0.2) is 36.9 Å². The first-order valence-corrected chi connectivity index (χ1v) is 6.45. The molecular formula is C14H15ClN4. The van der Waals surface area contributed by atoms with Gasteiger partial charge in [-0.3, -0.25) is 0 Å². The van der Waals surface area contributed by atoms with Gasteiger partial charge in [-0.05, 0) is 24.6 Å². The van der Waals surface area contributed by atoms with E-state index >= 15 is 0 Å². The van der Waals surface area contributed by atoms with Crippen LogP contribution in [-0.2, 0) is 6.54 Å². The number of hydrogen-bond acceptors (Lipinski definition) is 3. The van der Waals surface area contributed by atoms with Crippen LogP contribution >= 0.6 is 11.6 Å². The normalized spacial score (nSPS) is 10.2. The van der Waals surface area contributed by atoms with Crippen LogP contribution in [0.1, 0.15) is 12.0 Å². The number of nitriles is 1. The van der Waals surface area contributed by atoms with Gasteiger partial charge in [-0.25, -0.2) is 4.98 Å². The second-order valence-electron chi connectivity index (χ2n) is 4.35. The number of hydrogen-bond donors (Lipinski definition) is 0. The van der Waals surface area contributed by atoms with E-state index < -0.39 is 0 Å². The zero-order valence-corrected chi connectivity index (χ0v) is 11.5. The van der Waals surface area contributed by atoms with Crippen molar-refractivity contribution in [3.63, 3.8) is 0 Å². The minimum absolute atomic E-state index is 0.501. The van der Waals surface area contributed by atoms with Gasteiger partial charge in [0.15, 0.2) is 0 Å². The third-order valence-corrected chi connectivity index (χ3v) is 3.30. The van der Waals surface area contributed by atoms with Crippen LogP contribution in [0.4, 0.5) is 5.69 Å². The standard InChI is InChI=1S/C14H15ClN4/c1-18(6-2-7-19-8-5-17-11-19)13-4-3-12(10-16)14(15)9-13/h3-5,8-9,11H,2,6-7H2,1H3. The molecule has 1 heterocycles. The molecule has 2 rings (SSSR count). The zero-order chi connectivity index (χ0) is 13.7. The molecule has 0 radical (unpaired) electrons. The molecule has 0 aliphatic rings. The Bertz CT molecular complexity index is 572. The van der Waals surface area contributed by atoms with E-state index in [-0.39, 0.29) is 0 Å². The Hall–Kier alpha value is -1.99. The van der Waals surface area contributed by atoms with Crippen molar-refractivity contribution in [3.8, 4) is 6.07 Å². The number of nitrogens with zero attached hydrogens (tertiary/aromatic N) is 4. The number of aryl methyl sites for hydroxylation is 1. The molecule has 2 aromatic rings. The average molecular weight is 275 g/mol. The van der Waals surface area contributed by atoms with Crippen molar-refractivity contribution in [2.24, 2.45) is 0 Å².